The van der Waals surface area contributed by atoms with Gasteiger partial charge in [0.25, 0.3) is 0 Å². The Morgan fingerprint density at radius 3 is 2.77 bits per heavy atom. The highest BCUT2D eigenvalue weighted by molar-refractivity contribution is 5.77. The van der Waals surface area contributed by atoms with Crippen molar-refractivity contribution >= 4 is 5.91 Å². The summed E-state index contributed by atoms with van der Waals surface area (Å²) in [7, 11) is 1.91. The van der Waals surface area contributed by atoms with E-state index in [1.807, 2.05) is 25.2 Å². The van der Waals surface area contributed by atoms with E-state index in [9.17, 15) is 4.79 Å². The predicted octanol–water partition coefficient (Wildman–Crippen LogP) is 0.0521. The van der Waals surface area contributed by atoms with E-state index in [2.05, 4.69) is 5.53 Å². The average Bonchev–Trinajstić information content (AvgIpc) is 2.58. The zero-order valence-corrected chi connectivity index (χ0v) is 7.95. The molecule has 5 heteroatoms. The molecular weight excluding hydrogens is 168 g/mol. The number of hydrazine groups is 3. The highest BCUT2D eigenvalue weighted by Crippen LogP contribution is 2.18. The van der Waals surface area contributed by atoms with E-state index in [4.69, 9.17) is 0 Å². The van der Waals surface area contributed by atoms with Crippen LogP contribution in [-0.4, -0.2) is 34.6 Å². The third-order valence-corrected chi connectivity index (χ3v) is 2.26. The fourth-order valence-electron chi connectivity index (χ4n) is 1.68. The van der Waals surface area contributed by atoms with Crippen LogP contribution in [0.15, 0.2) is 11.9 Å². The Hall–Kier alpha value is -1.23. The number of hydrogen-bond acceptors (Lipinski definition) is 4. The normalized spacial score (nSPS) is 23.1. The Morgan fingerprint density at radius 2 is 2.31 bits per heavy atom. The Kier molecular flexibility index (Phi) is 1.88. The van der Waals surface area contributed by atoms with E-state index >= 15 is 0 Å². The first-order valence-corrected chi connectivity index (χ1v) is 4.46. The molecule has 0 atom stereocenters. The molecule has 2 aliphatic heterocycles. The standard InChI is InChI=1S/C8H14N4O/c1-7-6-10(2)9-12(7)11-5-3-4-8(11)13/h6,9H,3-5H2,1-2H3. The van der Waals surface area contributed by atoms with Crippen LogP contribution in [0.5, 0.6) is 0 Å². The SMILES string of the molecule is CC1=CN(C)NN1N1CCCC1=O. The monoisotopic (exact) mass is 182 g/mol. The summed E-state index contributed by atoms with van der Waals surface area (Å²) < 4.78 is 0. The van der Waals surface area contributed by atoms with Gasteiger partial charge in [0.15, 0.2) is 0 Å². The van der Waals surface area contributed by atoms with Gasteiger partial charge >= 0.3 is 0 Å². The number of amides is 1. The molecule has 13 heavy (non-hydrogen) atoms. The quantitative estimate of drug-likeness (QED) is 0.622. The van der Waals surface area contributed by atoms with Crippen molar-refractivity contribution in [2.75, 3.05) is 13.6 Å². The maximum Gasteiger partial charge on any atom is 0.242 e. The lowest BCUT2D eigenvalue weighted by molar-refractivity contribution is -0.147. The minimum Gasteiger partial charge on any atom is -0.298 e. The molecule has 0 unspecified atom stereocenters. The number of rotatable bonds is 1. The third kappa shape index (κ3) is 1.35. The molecule has 1 fully saturated rings. The number of hydrogen-bond donors (Lipinski definition) is 1. The third-order valence-electron chi connectivity index (χ3n) is 2.26. The molecule has 0 aliphatic carbocycles. The molecule has 72 valence electrons. The minimum absolute atomic E-state index is 0.190. The Bertz CT molecular complexity index is 263. The van der Waals surface area contributed by atoms with Gasteiger partial charge in [-0.25, -0.2) is 5.01 Å². The van der Waals surface area contributed by atoms with Crippen LogP contribution < -0.4 is 5.53 Å². The lowest BCUT2D eigenvalue weighted by atomic mass is 10.4. The van der Waals surface area contributed by atoms with Gasteiger partial charge in [-0.3, -0.25) is 9.80 Å². The first kappa shape index (κ1) is 8.37. The topological polar surface area (TPSA) is 38.8 Å². The molecule has 0 spiro atoms. The van der Waals surface area contributed by atoms with Crippen molar-refractivity contribution in [3.05, 3.63) is 11.9 Å². The number of nitrogens with zero attached hydrogens (tertiary/aromatic N) is 3. The summed E-state index contributed by atoms with van der Waals surface area (Å²) in [4.78, 5) is 11.4. The minimum atomic E-state index is 0.190. The van der Waals surface area contributed by atoms with Crippen LogP contribution in [-0.2, 0) is 4.79 Å². The number of allylic oxidation sites excluding steroid dienone is 1. The fraction of sp³-hybridized carbons (Fsp3) is 0.625. The molecule has 0 aromatic rings. The smallest absolute Gasteiger partial charge is 0.242 e. The summed E-state index contributed by atoms with van der Waals surface area (Å²) in [6.45, 7) is 2.78. The van der Waals surface area contributed by atoms with Gasteiger partial charge in [-0.1, -0.05) is 0 Å². The molecule has 1 amide bonds. The Balaban J connectivity index is 2.10. The van der Waals surface area contributed by atoms with E-state index in [0.717, 1.165) is 18.7 Å². The molecule has 0 aromatic carbocycles. The van der Waals surface area contributed by atoms with Gasteiger partial charge < -0.3 is 0 Å². The molecule has 2 aliphatic rings. The van der Waals surface area contributed by atoms with Crippen LogP contribution in [0.25, 0.3) is 0 Å². The van der Waals surface area contributed by atoms with Crippen molar-refractivity contribution < 1.29 is 4.79 Å². The molecule has 0 aromatic heterocycles. The van der Waals surface area contributed by atoms with Crippen molar-refractivity contribution in [1.29, 1.82) is 0 Å². The summed E-state index contributed by atoms with van der Waals surface area (Å²) >= 11 is 0. The molecule has 2 rings (SSSR count). The number of nitrogens with one attached hydrogen (secondary N) is 1. The summed E-state index contributed by atoms with van der Waals surface area (Å²) in [5.41, 5.74) is 4.09. The van der Waals surface area contributed by atoms with Crippen molar-refractivity contribution in [1.82, 2.24) is 20.7 Å². The summed E-state index contributed by atoms with van der Waals surface area (Å²) in [5, 5.41) is 5.38. The Labute approximate surface area is 77.5 Å². The second-order valence-electron chi connectivity index (χ2n) is 3.41. The van der Waals surface area contributed by atoms with Gasteiger partial charge in [0.05, 0.1) is 5.70 Å². The molecule has 1 saturated heterocycles. The van der Waals surface area contributed by atoms with E-state index in [0.29, 0.717) is 6.42 Å². The van der Waals surface area contributed by atoms with E-state index < -0.39 is 0 Å². The zero-order chi connectivity index (χ0) is 9.42. The van der Waals surface area contributed by atoms with Crippen LogP contribution in [0.1, 0.15) is 19.8 Å². The van der Waals surface area contributed by atoms with E-state index in [1.165, 1.54) is 0 Å². The Morgan fingerprint density at radius 1 is 1.54 bits per heavy atom. The van der Waals surface area contributed by atoms with Crippen LogP contribution >= 0.6 is 0 Å². The fourth-order valence-corrected chi connectivity index (χ4v) is 1.68. The van der Waals surface area contributed by atoms with Crippen molar-refractivity contribution in [2.24, 2.45) is 0 Å². The zero-order valence-electron chi connectivity index (χ0n) is 7.95. The van der Waals surface area contributed by atoms with Gasteiger partial charge in [0.2, 0.25) is 5.91 Å². The highest BCUT2D eigenvalue weighted by Gasteiger charge is 2.29. The summed E-state index contributed by atoms with van der Waals surface area (Å²) in [5.74, 6) is 0.190. The number of carbonyl (C=O) groups excluding carboxylic acids is 1. The van der Waals surface area contributed by atoms with Crippen molar-refractivity contribution in [2.45, 2.75) is 19.8 Å². The predicted molar refractivity (Wildman–Crippen MR) is 47.4 cm³/mol. The first-order valence-electron chi connectivity index (χ1n) is 4.46. The highest BCUT2D eigenvalue weighted by atomic mass is 16.2. The van der Waals surface area contributed by atoms with E-state index in [1.54, 1.807) is 10.1 Å². The lowest BCUT2D eigenvalue weighted by Gasteiger charge is -2.30. The van der Waals surface area contributed by atoms with Crippen LogP contribution in [0.4, 0.5) is 0 Å². The molecule has 0 bridgehead atoms. The second kappa shape index (κ2) is 2.92. The maximum atomic E-state index is 11.4. The van der Waals surface area contributed by atoms with Gasteiger partial charge in [-0.2, -0.15) is 5.12 Å². The molecule has 0 radical (unpaired) electrons. The molecule has 2 heterocycles. The van der Waals surface area contributed by atoms with Crippen molar-refractivity contribution in [3.63, 3.8) is 0 Å². The molecule has 0 saturated carbocycles. The largest absolute Gasteiger partial charge is 0.298 e. The summed E-state index contributed by atoms with van der Waals surface area (Å²) in [6, 6.07) is 0. The van der Waals surface area contributed by atoms with Gasteiger partial charge in [-0.15, -0.1) is 5.53 Å². The van der Waals surface area contributed by atoms with Crippen LogP contribution in [0.2, 0.25) is 0 Å². The van der Waals surface area contributed by atoms with Gasteiger partial charge in [0.1, 0.15) is 0 Å². The lowest BCUT2D eigenvalue weighted by Crippen LogP contribution is -2.50. The maximum absolute atomic E-state index is 11.4. The van der Waals surface area contributed by atoms with Gasteiger partial charge in [-0.05, 0) is 13.3 Å². The van der Waals surface area contributed by atoms with Crippen LogP contribution in [0.3, 0.4) is 0 Å². The van der Waals surface area contributed by atoms with E-state index in [-0.39, 0.29) is 5.91 Å². The second-order valence-corrected chi connectivity index (χ2v) is 3.41. The summed E-state index contributed by atoms with van der Waals surface area (Å²) in [6.07, 6.45) is 3.56. The average molecular weight is 182 g/mol. The van der Waals surface area contributed by atoms with Gasteiger partial charge in [0, 0.05) is 26.2 Å². The number of carbonyl (C=O) groups is 1. The molecular formula is C8H14N4O. The van der Waals surface area contributed by atoms with Crippen LogP contribution in [0, 0.1) is 0 Å². The molecule has 1 N–H and O–H groups in total. The molecule has 5 nitrogen and oxygen atoms in total. The first-order chi connectivity index (χ1) is 6.18. The van der Waals surface area contributed by atoms with Crippen molar-refractivity contribution in [3.8, 4) is 0 Å².